The predicted molar refractivity (Wildman–Crippen MR) is 159 cm³/mol. The molecule has 2 aliphatic rings. The van der Waals surface area contributed by atoms with E-state index in [0.29, 0.717) is 0 Å². The molecule has 0 bridgehead atoms. The van der Waals surface area contributed by atoms with Crippen molar-refractivity contribution in [3.63, 3.8) is 0 Å². The summed E-state index contributed by atoms with van der Waals surface area (Å²) in [5.74, 6) is -0.503. The van der Waals surface area contributed by atoms with Crippen LogP contribution in [0.2, 0.25) is 0 Å². The average Bonchev–Trinajstić information content (AvgIpc) is 3.77. The van der Waals surface area contributed by atoms with E-state index >= 15 is 0 Å². The minimum Gasteiger partial charge on any atom is -0.394 e. The Labute approximate surface area is 266 Å². The third-order valence-electron chi connectivity index (χ3n) is 7.53. The van der Waals surface area contributed by atoms with Gasteiger partial charge < -0.3 is 60.0 Å². The number of hydrogen-bond acceptors (Lipinski definition) is 18. The van der Waals surface area contributed by atoms with Crippen LogP contribution in [0.3, 0.4) is 0 Å². The summed E-state index contributed by atoms with van der Waals surface area (Å²) in [6.45, 7) is -1.40. The molecule has 2 aliphatic heterocycles. The molecule has 0 saturated carbocycles. The zero-order valence-electron chi connectivity index (χ0n) is 24.3. The largest absolute Gasteiger partial charge is 0.394 e. The van der Waals surface area contributed by atoms with Gasteiger partial charge in [0.2, 0.25) is 19.9 Å². The Bertz CT molecular complexity index is 2000. The number of H-pyrrole nitrogens is 2. The van der Waals surface area contributed by atoms with Gasteiger partial charge in [-0.05, 0) is 0 Å². The Morgan fingerprint density at radius 2 is 1.42 bits per heavy atom. The third kappa shape index (κ3) is 6.53. The molecule has 0 amide bonds. The second-order valence-electron chi connectivity index (χ2n) is 10.7. The Morgan fingerprint density at radius 1 is 0.917 bits per heavy atom. The molecule has 0 radical (unpaired) electrons. The molecule has 262 valence electrons. The highest BCUT2D eigenvalue weighted by molar-refractivity contribution is 7.52. The first kappa shape index (κ1) is 34.2. The molecule has 26 heteroatoms. The molecule has 5 unspecified atom stereocenters. The van der Waals surface area contributed by atoms with Crippen LogP contribution in [0.4, 0.5) is 11.9 Å². The van der Waals surface area contributed by atoms with Crippen molar-refractivity contribution in [3.05, 3.63) is 33.4 Å². The fourth-order valence-corrected chi connectivity index (χ4v) is 6.52. The van der Waals surface area contributed by atoms with Crippen LogP contribution in [0.5, 0.6) is 0 Å². The molecule has 2 saturated heterocycles. The second kappa shape index (κ2) is 13.3. The van der Waals surface area contributed by atoms with Crippen molar-refractivity contribution in [3.8, 4) is 0 Å². The van der Waals surface area contributed by atoms with Crippen LogP contribution >= 0.6 is 15.6 Å². The third-order valence-corrected chi connectivity index (χ3v) is 8.97. The Morgan fingerprint density at radius 3 is 1.94 bits per heavy atom. The van der Waals surface area contributed by atoms with Gasteiger partial charge >= 0.3 is 7.60 Å². The van der Waals surface area contributed by atoms with Gasteiger partial charge in [-0.3, -0.25) is 37.8 Å². The molecule has 6 rings (SSSR count). The number of nitrogen functional groups attached to an aromatic ring is 2. The van der Waals surface area contributed by atoms with Crippen molar-refractivity contribution in [2.45, 2.75) is 49.1 Å². The van der Waals surface area contributed by atoms with E-state index in [0.717, 1.165) is 12.7 Å². The number of nitrogens with one attached hydrogen (secondary N) is 2. The van der Waals surface area contributed by atoms with Gasteiger partial charge in [0.05, 0.1) is 25.9 Å². The van der Waals surface area contributed by atoms with Gasteiger partial charge in [-0.15, -0.1) is 0 Å². The monoisotopic (exact) mass is 720 g/mol. The quantitative estimate of drug-likeness (QED) is 0.0635. The number of hydrogen-bond donors (Lipinski definition) is 9. The van der Waals surface area contributed by atoms with Crippen molar-refractivity contribution < 1.29 is 57.7 Å². The number of anilines is 2. The van der Waals surface area contributed by atoms with E-state index in [1.807, 2.05) is 0 Å². The van der Waals surface area contributed by atoms with E-state index in [4.69, 9.17) is 34.9 Å². The fraction of sp³-hybridized carbons (Fsp3) is 0.545. The molecule has 0 spiro atoms. The summed E-state index contributed by atoms with van der Waals surface area (Å²) in [4.78, 5) is 65.0. The number of ether oxygens (including phenoxy) is 4. The number of nitrogens with two attached hydrogens (primary N) is 2. The maximum Gasteiger partial charge on any atom is 0.353 e. The van der Waals surface area contributed by atoms with E-state index in [9.17, 15) is 43.8 Å². The molecule has 24 nitrogen and oxygen atoms in total. The number of fused-ring (bicyclic) bond motifs is 2. The fourth-order valence-electron chi connectivity index (χ4n) is 5.37. The molecule has 10 atom stereocenters. The maximum absolute atomic E-state index is 13.1. The Balaban J connectivity index is 1.17. The molecule has 0 aromatic carbocycles. The van der Waals surface area contributed by atoms with E-state index < -0.39 is 102 Å². The van der Waals surface area contributed by atoms with E-state index in [-0.39, 0.29) is 34.2 Å². The van der Waals surface area contributed by atoms with Crippen molar-refractivity contribution >= 4 is 49.8 Å². The van der Waals surface area contributed by atoms with E-state index in [2.05, 4.69) is 29.9 Å². The van der Waals surface area contributed by atoms with Crippen LogP contribution in [0.1, 0.15) is 12.5 Å². The van der Waals surface area contributed by atoms with Crippen molar-refractivity contribution in [2.24, 2.45) is 0 Å². The normalized spacial score (nSPS) is 29.5. The molecule has 2 fully saturated rings. The van der Waals surface area contributed by atoms with Crippen LogP contribution in [-0.2, 0) is 32.6 Å². The van der Waals surface area contributed by atoms with Gasteiger partial charge in [0, 0.05) is 0 Å². The van der Waals surface area contributed by atoms with Gasteiger partial charge in [0.25, 0.3) is 11.1 Å². The number of aromatic amines is 2. The van der Waals surface area contributed by atoms with Crippen molar-refractivity contribution in [1.29, 1.82) is 0 Å². The number of nitrogens with zero attached hydrogens (tertiary/aromatic N) is 6. The molecular weight excluding hydrogens is 690 g/mol. The van der Waals surface area contributed by atoms with Crippen LogP contribution < -0.4 is 22.6 Å². The van der Waals surface area contributed by atoms with Crippen molar-refractivity contribution in [1.82, 2.24) is 39.0 Å². The van der Waals surface area contributed by atoms with Crippen LogP contribution in [0, 0.1) is 0 Å². The first-order chi connectivity index (χ1) is 22.8. The van der Waals surface area contributed by atoms with Crippen LogP contribution in [0.25, 0.3) is 22.3 Å². The van der Waals surface area contributed by atoms with Gasteiger partial charge in [-0.1, -0.05) is 0 Å². The van der Waals surface area contributed by atoms with Crippen LogP contribution in [-0.4, -0.2) is 127 Å². The number of aliphatic hydroxyl groups is 3. The number of rotatable bonds is 12. The summed E-state index contributed by atoms with van der Waals surface area (Å²) in [5.41, 5.74) is 9.59. The van der Waals surface area contributed by atoms with Gasteiger partial charge in [0.1, 0.15) is 49.3 Å². The van der Waals surface area contributed by atoms with E-state index in [1.54, 1.807) is 0 Å². The number of aromatic nitrogens is 8. The summed E-state index contributed by atoms with van der Waals surface area (Å²) >= 11 is 0. The standard InChI is InChI=1S/C22H30N10O14P2/c23-21-27-15-9(17(36)29-21)25-3-31(15)19-13(42-5-47(38)39)12(35)8(46-19)2-44-48(40,41)6-43-14-11(34)7(1-33)45-20(14)32-4-26-10-16(32)28-22(24)30-18(10)37/h3-4,7-8,11-14,19-20,33-35,47H,1-2,5-6H2,(H,38,39)(H,40,41)(H3,23,27,29,36)(H3,24,28,30,37)/t7-,8-,11?,12?,13?,14+,19-,20-/m1/s1. The minimum absolute atomic E-state index is 0.0533. The first-order valence-corrected chi connectivity index (χ1v) is 17.2. The van der Waals surface area contributed by atoms with Crippen molar-refractivity contribution in [2.75, 3.05) is 37.4 Å². The summed E-state index contributed by atoms with van der Waals surface area (Å²) in [7, 11) is -7.88. The minimum atomic E-state index is -4.71. The molecule has 0 aliphatic carbocycles. The molecular formula is C22H30N10O14P2. The molecule has 6 heterocycles. The highest BCUT2D eigenvalue weighted by atomic mass is 31.2. The smallest absolute Gasteiger partial charge is 0.353 e. The molecule has 4 aromatic heterocycles. The number of aliphatic hydroxyl groups excluding tert-OH is 3. The lowest BCUT2D eigenvalue weighted by Gasteiger charge is -2.24. The average molecular weight is 720 g/mol. The van der Waals surface area contributed by atoms with Gasteiger partial charge in [-0.2, -0.15) is 9.97 Å². The topological polar surface area (TPSA) is 361 Å². The summed E-state index contributed by atoms with van der Waals surface area (Å²) < 4.78 is 54.6. The summed E-state index contributed by atoms with van der Waals surface area (Å²) in [6.07, 6.45) is -10.5. The van der Waals surface area contributed by atoms with Crippen LogP contribution in [0.15, 0.2) is 22.2 Å². The van der Waals surface area contributed by atoms with Gasteiger partial charge in [-0.25, -0.2) is 9.97 Å². The zero-order valence-corrected chi connectivity index (χ0v) is 26.2. The van der Waals surface area contributed by atoms with E-state index in [1.165, 1.54) is 9.13 Å². The number of imidazole rings is 2. The summed E-state index contributed by atoms with van der Waals surface area (Å²) in [6, 6.07) is 0. The highest BCUT2D eigenvalue weighted by Crippen LogP contribution is 2.45. The lowest BCUT2D eigenvalue weighted by molar-refractivity contribution is -0.0675. The second-order valence-corrected chi connectivity index (χ2v) is 13.6. The highest BCUT2D eigenvalue weighted by Gasteiger charge is 2.49. The SMILES string of the molecule is Nc1nc2c(ncn2[C@@H]2O[C@H](COP(=O)(O)CO[C@H]3C(O)[C@@H](CO)O[C@H]3n3cnc4c(=O)[nH]c(N)nc43)C(O)C2OC[PH](=O)O)c(=O)[nH]1. The molecule has 11 N–H and O–H groups in total. The Hall–Kier alpha value is -3.64. The van der Waals surface area contributed by atoms with Gasteiger partial charge in [0.15, 0.2) is 34.8 Å². The maximum atomic E-state index is 13.1. The molecule has 4 aromatic rings. The summed E-state index contributed by atoms with van der Waals surface area (Å²) in [5, 5.41) is 31.5. The predicted octanol–water partition coefficient (Wildman–Crippen LogP) is -3.72. The lowest BCUT2D eigenvalue weighted by Crippen LogP contribution is -2.36. The zero-order chi connectivity index (χ0) is 34.5. The molecule has 48 heavy (non-hydrogen) atoms. The Kier molecular flexibility index (Phi) is 9.52. The lowest BCUT2D eigenvalue weighted by atomic mass is 10.1. The first-order valence-electron chi connectivity index (χ1n) is 13.9.